The molecule has 0 aliphatic carbocycles. The van der Waals surface area contributed by atoms with Crippen molar-refractivity contribution in [3.05, 3.63) is 38.9 Å². The van der Waals surface area contributed by atoms with E-state index in [4.69, 9.17) is 17.3 Å². The van der Waals surface area contributed by atoms with Gasteiger partial charge in [0.25, 0.3) is 5.69 Å². The number of hydrogen-bond donors (Lipinski definition) is 1. The largest absolute Gasteiger partial charge is 0.330 e. The molecule has 1 rings (SSSR count). The maximum atomic E-state index is 12.1. The molecule has 6 nitrogen and oxygen atoms in total. The molecule has 0 aliphatic rings. The van der Waals surface area contributed by atoms with Crippen LogP contribution in [-0.2, 0) is 15.6 Å². The van der Waals surface area contributed by atoms with Crippen LogP contribution in [0.4, 0.5) is 5.69 Å². The lowest BCUT2D eigenvalue weighted by atomic mass is 10.2. The number of hydrogen-bond acceptors (Lipinski definition) is 5. The molecule has 8 heteroatoms. The van der Waals surface area contributed by atoms with Crippen molar-refractivity contribution in [2.75, 3.05) is 6.54 Å². The average Bonchev–Trinajstić information content (AvgIpc) is 2.28. The standard InChI is InChI=1S/C11H15ClN2O4S/c1-8(4-5-13)19(17,18)7-9-6-10(12)2-3-11(9)14(15)16/h2-3,6,8H,4-5,7,13H2,1H3. The number of nitro groups is 1. The van der Waals surface area contributed by atoms with Crippen LogP contribution in [0.5, 0.6) is 0 Å². The zero-order valence-electron chi connectivity index (χ0n) is 10.4. The van der Waals surface area contributed by atoms with Gasteiger partial charge in [0.05, 0.1) is 15.9 Å². The van der Waals surface area contributed by atoms with E-state index >= 15 is 0 Å². The highest BCUT2D eigenvalue weighted by molar-refractivity contribution is 7.91. The van der Waals surface area contributed by atoms with Crippen molar-refractivity contribution < 1.29 is 13.3 Å². The third-order valence-electron chi connectivity index (χ3n) is 2.78. The second-order valence-corrected chi connectivity index (χ2v) is 7.08. The van der Waals surface area contributed by atoms with E-state index < -0.39 is 25.8 Å². The number of halogens is 1. The number of benzene rings is 1. The molecule has 0 aliphatic heterocycles. The second kappa shape index (κ2) is 6.31. The number of nitro benzene ring substituents is 1. The number of rotatable bonds is 6. The van der Waals surface area contributed by atoms with Crippen LogP contribution < -0.4 is 5.73 Å². The number of nitrogens with two attached hydrogens (primary N) is 1. The molecule has 0 spiro atoms. The summed E-state index contributed by atoms with van der Waals surface area (Å²) in [6, 6.07) is 3.88. The monoisotopic (exact) mass is 306 g/mol. The summed E-state index contributed by atoms with van der Waals surface area (Å²) < 4.78 is 24.1. The van der Waals surface area contributed by atoms with Gasteiger partial charge in [0.1, 0.15) is 0 Å². The molecule has 0 fully saturated rings. The van der Waals surface area contributed by atoms with E-state index in [0.717, 1.165) is 0 Å². The summed E-state index contributed by atoms with van der Waals surface area (Å²) in [6.07, 6.45) is 0.316. The first-order valence-electron chi connectivity index (χ1n) is 5.62. The Morgan fingerprint density at radius 3 is 2.63 bits per heavy atom. The minimum atomic E-state index is -3.49. The fourth-order valence-corrected chi connectivity index (χ4v) is 3.26. The first-order chi connectivity index (χ1) is 8.77. The lowest BCUT2D eigenvalue weighted by molar-refractivity contribution is -0.385. The summed E-state index contributed by atoms with van der Waals surface area (Å²) in [5, 5.41) is 10.5. The lowest BCUT2D eigenvalue weighted by Crippen LogP contribution is -2.23. The van der Waals surface area contributed by atoms with Crippen molar-refractivity contribution in [2.24, 2.45) is 5.73 Å². The Morgan fingerprint density at radius 2 is 2.11 bits per heavy atom. The van der Waals surface area contributed by atoms with Crippen LogP contribution in [-0.4, -0.2) is 25.1 Å². The molecule has 1 aromatic rings. The Balaban J connectivity index is 3.11. The van der Waals surface area contributed by atoms with Crippen molar-refractivity contribution in [2.45, 2.75) is 24.3 Å². The molecule has 0 saturated heterocycles. The highest BCUT2D eigenvalue weighted by atomic mass is 35.5. The van der Waals surface area contributed by atoms with Crippen molar-refractivity contribution >= 4 is 27.1 Å². The molecule has 0 amide bonds. The van der Waals surface area contributed by atoms with E-state index in [-0.39, 0.29) is 22.8 Å². The molecular formula is C11H15ClN2O4S. The van der Waals surface area contributed by atoms with Crippen LogP contribution in [0.2, 0.25) is 5.02 Å². The van der Waals surface area contributed by atoms with Gasteiger partial charge in [-0.3, -0.25) is 10.1 Å². The smallest absolute Gasteiger partial charge is 0.273 e. The van der Waals surface area contributed by atoms with Crippen molar-refractivity contribution in [1.29, 1.82) is 0 Å². The van der Waals surface area contributed by atoms with E-state index in [1.165, 1.54) is 18.2 Å². The van der Waals surface area contributed by atoms with Gasteiger partial charge in [0.15, 0.2) is 9.84 Å². The molecule has 0 radical (unpaired) electrons. The normalized spacial score (nSPS) is 13.2. The molecule has 106 valence electrons. The first-order valence-corrected chi connectivity index (χ1v) is 7.71. The maximum Gasteiger partial charge on any atom is 0.273 e. The van der Waals surface area contributed by atoms with Gasteiger partial charge in [0.2, 0.25) is 0 Å². The van der Waals surface area contributed by atoms with Crippen molar-refractivity contribution in [3.8, 4) is 0 Å². The minimum absolute atomic E-state index is 0.0985. The van der Waals surface area contributed by atoms with Gasteiger partial charge >= 0.3 is 0 Å². The highest BCUT2D eigenvalue weighted by Gasteiger charge is 2.25. The van der Waals surface area contributed by atoms with Crippen molar-refractivity contribution in [3.63, 3.8) is 0 Å². The van der Waals surface area contributed by atoms with E-state index in [1.807, 2.05) is 0 Å². The second-order valence-electron chi connectivity index (χ2n) is 4.23. The van der Waals surface area contributed by atoms with E-state index in [2.05, 4.69) is 0 Å². The molecule has 0 heterocycles. The summed E-state index contributed by atoms with van der Waals surface area (Å²) in [4.78, 5) is 10.2. The summed E-state index contributed by atoms with van der Waals surface area (Å²) in [6.45, 7) is 1.79. The average molecular weight is 307 g/mol. The lowest BCUT2D eigenvalue weighted by Gasteiger charge is -2.12. The van der Waals surface area contributed by atoms with E-state index in [0.29, 0.717) is 6.42 Å². The van der Waals surface area contributed by atoms with E-state index in [9.17, 15) is 18.5 Å². The maximum absolute atomic E-state index is 12.1. The fraction of sp³-hybridized carbons (Fsp3) is 0.455. The highest BCUT2D eigenvalue weighted by Crippen LogP contribution is 2.26. The molecule has 0 saturated carbocycles. The van der Waals surface area contributed by atoms with Crippen LogP contribution >= 0.6 is 11.6 Å². The van der Waals surface area contributed by atoms with Crippen molar-refractivity contribution in [1.82, 2.24) is 0 Å². The predicted octanol–water partition coefficient (Wildman–Crippen LogP) is 1.90. The Morgan fingerprint density at radius 1 is 1.47 bits per heavy atom. The SMILES string of the molecule is CC(CCN)S(=O)(=O)Cc1cc(Cl)ccc1[N+](=O)[O-]. The molecule has 19 heavy (non-hydrogen) atoms. The minimum Gasteiger partial charge on any atom is -0.330 e. The molecular weight excluding hydrogens is 292 g/mol. The predicted molar refractivity (Wildman–Crippen MR) is 73.9 cm³/mol. The van der Waals surface area contributed by atoms with Gasteiger partial charge in [-0.25, -0.2) is 8.42 Å². The van der Waals surface area contributed by atoms with Gasteiger partial charge in [0, 0.05) is 16.7 Å². The molecule has 2 N–H and O–H groups in total. The Hall–Kier alpha value is -1.18. The number of nitrogens with zero attached hydrogens (tertiary/aromatic N) is 1. The molecule has 1 atom stereocenters. The third kappa shape index (κ3) is 4.15. The van der Waals surface area contributed by atoms with Gasteiger partial charge in [-0.1, -0.05) is 11.6 Å². The Bertz CT molecular complexity index is 574. The Kier molecular flexibility index (Phi) is 5.28. The van der Waals surface area contributed by atoms with Gasteiger partial charge in [-0.15, -0.1) is 0 Å². The number of sulfone groups is 1. The Labute approximate surface area is 116 Å². The third-order valence-corrected chi connectivity index (χ3v) is 5.19. The van der Waals surface area contributed by atoms with E-state index in [1.54, 1.807) is 6.92 Å². The van der Waals surface area contributed by atoms with Gasteiger partial charge in [-0.05, 0) is 32.0 Å². The summed E-state index contributed by atoms with van der Waals surface area (Å²) in [7, 11) is -3.49. The quantitative estimate of drug-likeness (QED) is 0.638. The molecule has 1 unspecified atom stereocenters. The summed E-state index contributed by atoms with van der Waals surface area (Å²) in [5.74, 6) is -0.412. The van der Waals surface area contributed by atoms with Gasteiger partial charge in [-0.2, -0.15) is 0 Å². The van der Waals surface area contributed by atoms with Crippen LogP contribution in [0.1, 0.15) is 18.9 Å². The summed E-state index contributed by atoms with van der Waals surface area (Å²) >= 11 is 5.75. The van der Waals surface area contributed by atoms with Crippen LogP contribution in [0.3, 0.4) is 0 Å². The molecule has 0 bridgehead atoms. The topological polar surface area (TPSA) is 103 Å². The van der Waals surface area contributed by atoms with Gasteiger partial charge < -0.3 is 5.73 Å². The zero-order valence-corrected chi connectivity index (χ0v) is 11.9. The van der Waals surface area contributed by atoms with Crippen LogP contribution in [0.15, 0.2) is 18.2 Å². The summed E-state index contributed by atoms with van der Waals surface area (Å²) in [5.41, 5.74) is 5.18. The zero-order chi connectivity index (χ0) is 14.6. The van der Waals surface area contributed by atoms with Crippen LogP contribution in [0.25, 0.3) is 0 Å². The van der Waals surface area contributed by atoms with Crippen LogP contribution in [0, 0.1) is 10.1 Å². The first kappa shape index (κ1) is 15.9. The molecule has 1 aromatic carbocycles. The molecule has 0 aromatic heterocycles. The fourth-order valence-electron chi connectivity index (χ4n) is 1.62.